The van der Waals surface area contributed by atoms with Crippen molar-refractivity contribution in [2.24, 2.45) is 0 Å². The quantitative estimate of drug-likeness (QED) is 0.769. The second kappa shape index (κ2) is 9.35. The molecule has 2 aromatic carbocycles. The van der Waals surface area contributed by atoms with Crippen LogP contribution >= 0.6 is 0 Å². The van der Waals surface area contributed by atoms with Crippen molar-refractivity contribution in [3.8, 4) is 5.75 Å². The molecule has 1 fully saturated rings. The van der Waals surface area contributed by atoms with Crippen molar-refractivity contribution in [1.29, 1.82) is 0 Å². The molecule has 6 heteroatoms. The number of rotatable bonds is 6. The first kappa shape index (κ1) is 19.9. The maximum Gasteiger partial charge on any atom is 0.227 e. The molecule has 0 bridgehead atoms. The molecule has 3 rings (SSSR count). The molecule has 28 heavy (non-hydrogen) atoms. The van der Waals surface area contributed by atoms with E-state index in [1.807, 2.05) is 29.2 Å². The van der Waals surface area contributed by atoms with Gasteiger partial charge in [-0.15, -0.1) is 0 Å². The minimum atomic E-state index is -0.309. The monoisotopic (exact) mass is 384 g/mol. The molecule has 0 atom stereocenters. The van der Waals surface area contributed by atoms with Gasteiger partial charge in [0, 0.05) is 32.6 Å². The lowest BCUT2D eigenvalue weighted by Gasteiger charge is -2.35. The molecule has 2 aromatic rings. The Labute approximate surface area is 164 Å². The Hall–Kier alpha value is -2.89. The van der Waals surface area contributed by atoms with E-state index < -0.39 is 0 Å². The van der Waals surface area contributed by atoms with Crippen molar-refractivity contribution in [2.45, 2.75) is 19.3 Å². The summed E-state index contributed by atoms with van der Waals surface area (Å²) < 4.78 is 18.3. The number of amides is 2. The molecule has 0 radical (unpaired) electrons. The van der Waals surface area contributed by atoms with E-state index in [1.165, 1.54) is 12.1 Å². The van der Waals surface area contributed by atoms with Gasteiger partial charge in [0.25, 0.3) is 0 Å². The molecule has 1 heterocycles. The molecule has 0 spiro atoms. The third-order valence-electron chi connectivity index (χ3n) is 5.05. The smallest absolute Gasteiger partial charge is 0.227 e. The van der Waals surface area contributed by atoms with Crippen molar-refractivity contribution in [3.63, 3.8) is 0 Å². The Balaban J connectivity index is 1.45. The van der Waals surface area contributed by atoms with E-state index in [-0.39, 0.29) is 24.1 Å². The normalized spacial score (nSPS) is 14.1. The number of ether oxygens (including phenoxy) is 1. The lowest BCUT2D eigenvalue weighted by Crippen LogP contribution is -2.51. The highest BCUT2D eigenvalue weighted by Crippen LogP contribution is 2.19. The summed E-state index contributed by atoms with van der Waals surface area (Å²) in [5, 5.41) is 0. The number of methoxy groups -OCH3 is 1. The highest BCUT2D eigenvalue weighted by molar-refractivity contribution is 5.80. The van der Waals surface area contributed by atoms with Gasteiger partial charge in [0.05, 0.1) is 13.5 Å². The Morgan fingerprint density at radius 3 is 2.18 bits per heavy atom. The van der Waals surface area contributed by atoms with Crippen LogP contribution in [0.25, 0.3) is 0 Å². The molecule has 0 saturated carbocycles. The second-order valence-corrected chi connectivity index (χ2v) is 6.88. The van der Waals surface area contributed by atoms with Crippen LogP contribution in [0.4, 0.5) is 4.39 Å². The number of hydrogen-bond donors (Lipinski definition) is 0. The summed E-state index contributed by atoms with van der Waals surface area (Å²) >= 11 is 0. The van der Waals surface area contributed by atoms with Crippen LogP contribution < -0.4 is 4.74 Å². The van der Waals surface area contributed by atoms with Gasteiger partial charge in [-0.1, -0.05) is 30.3 Å². The van der Waals surface area contributed by atoms with E-state index in [2.05, 4.69) is 0 Å². The van der Waals surface area contributed by atoms with Crippen LogP contribution in [0.2, 0.25) is 0 Å². The fourth-order valence-electron chi connectivity index (χ4n) is 3.40. The van der Waals surface area contributed by atoms with Gasteiger partial charge in [-0.3, -0.25) is 9.59 Å². The zero-order chi connectivity index (χ0) is 19.9. The summed E-state index contributed by atoms with van der Waals surface area (Å²) in [6, 6.07) is 13.7. The number of nitrogens with zero attached hydrogens (tertiary/aromatic N) is 2. The van der Waals surface area contributed by atoms with Crippen LogP contribution in [0.5, 0.6) is 5.75 Å². The molecule has 5 nitrogen and oxygen atoms in total. The molecular formula is C22H25FN2O3. The van der Waals surface area contributed by atoms with Crippen molar-refractivity contribution < 1.29 is 18.7 Å². The number of carbonyl (C=O) groups excluding carboxylic acids is 2. The van der Waals surface area contributed by atoms with Crippen molar-refractivity contribution in [1.82, 2.24) is 9.80 Å². The number of piperazine rings is 1. The number of carbonyl (C=O) groups is 2. The Bertz CT molecular complexity index is 815. The predicted octanol–water partition coefficient (Wildman–Crippen LogP) is 2.68. The molecule has 0 N–H and O–H groups in total. The average molecular weight is 384 g/mol. The number of halogens is 1. The van der Waals surface area contributed by atoms with Crippen LogP contribution in [0.15, 0.2) is 48.5 Å². The van der Waals surface area contributed by atoms with E-state index in [0.29, 0.717) is 39.0 Å². The number of aryl methyl sites for hydroxylation is 1. The first-order valence-electron chi connectivity index (χ1n) is 9.48. The predicted molar refractivity (Wildman–Crippen MR) is 105 cm³/mol. The van der Waals surface area contributed by atoms with Crippen molar-refractivity contribution in [2.75, 3.05) is 33.3 Å². The maximum absolute atomic E-state index is 13.0. The largest absolute Gasteiger partial charge is 0.496 e. The fraction of sp³-hybridized carbons (Fsp3) is 0.364. The molecule has 0 unspecified atom stereocenters. The highest BCUT2D eigenvalue weighted by atomic mass is 19.1. The van der Waals surface area contributed by atoms with Gasteiger partial charge in [-0.25, -0.2) is 4.39 Å². The first-order chi connectivity index (χ1) is 13.6. The van der Waals surface area contributed by atoms with Gasteiger partial charge in [0.1, 0.15) is 11.6 Å². The Morgan fingerprint density at radius 1 is 0.929 bits per heavy atom. The molecule has 2 amide bonds. The number of benzene rings is 2. The Morgan fingerprint density at radius 2 is 1.54 bits per heavy atom. The van der Waals surface area contributed by atoms with E-state index >= 15 is 0 Å². The SMILES string of the molecule is COc1ccccc1CCC(=O)N1CCN(C(=O)Cc2ccc(F)cc2)CC1. The lowest BCUT2D eigenvalue weighted by molar-refractivity contribution is -0.139. The molecule has 0 aromatic heterocycles. The maximum atomic E-state index is 13.0. The summed E-state index contributed by atoms with van der Waals surface area (Å²) in [7, 11) is 1.63. The van der Waals surface area contributed by atoms with Gasteiger partial charge in [0.2, 0.25) is 11.8 Å². The van der Waals surface area contributed by atoms with Gasteiger partial charge in [-0.05, 0) is 35.7 Å². The van der Waals surface area contributed by atoms with E-state index in [1.54, 1.807) is 24.1 Å². The van der Waals surface area contributed by atoms with Gasteiger partial charge >= 0.3 is 0 Å². The number of para-hydroxylation sites is 1. The molecule has 1 aliphatic heterocycles. The molecule has 1 saturated heterocycles. The summed E-state index contributed by atoms with van der Waals surface area (Å²) in [5.41, 5.74) is 1.81. The zero-order valence-electron chi connectivity index (χ0n) is 16.1. The van der Waals surface area contributed by atoms with Crippen LogP contribution in [-0.4, -0.2) is 54.9 Å². The lowest BCUT2D eigenvalue weighted by atomic mass is 10.1. The summed E-state index contributed by atoms with van der Waals surface area (Å²) in [6.45, 7) is 2.14. The molecule has 1 aliphatic rings. The summed E-state index contributed by atoms with van der Waals surface area (Å²) in [4.78, 5) is 28.5. The zero-order valence-corrected chi connectivity index (χ0v) is 16.1. The molecule has 0 aliphatic carbocycles. The number of hydrogen-bond acceptors (Lipinski definition) is 3. The van der Waals surface area contributed by atoms with Gasteiger partial charge in [-0.2, -0.15) is 0 Å². The van der Waals surface area contributed by atoms with Crippen LogP contribution in [0.1, 0.15) is 17.5 Å². The molecule has 148 valence electrons. The minimum Gasteiger partial charge on any atom is -0.496 e. The topological polar surface area (TPSA) is 49.9 Å². The van der Waals surface area contributed by atoms with E-state index in [9.17, 15) is 14.0 Å². The summed E-state index contributed by atoms with van der Waals surface area (Å²) in [5.74, 6) is 0.590. The third-order valence-corrected chi connectivity index (χ3v) is 5.05. The van der Waals surface area contributed by atoms with Crippen LogP contribution in [-0.2, 0) is 22.4 Å². The van der Waals surface area contributed by atoms with Crippen molar-refractivity contribution >= 4 is 11.8 Å². The first-order valence-corrected chi connectivity index (χ1v) is 9.48. The van der Waals surface area contributed by atoms with E-state index in [4.69, 9.17) is 4.74 Å². The van der Waals surface area contributed by atoms with E-state index in [0.717, 1.165) is 16.9 Å². The average Bonchev–Trinajstić information content (AvgIpc) is 2.74. The summed E-state index contributed by atoms with van der Waals surface area (Å²) in [6.07, 6.45) is 1.30. The van der Waals surface area contributed by atoms with Crippen LogP contribution in [0, 0.1) is 5.82 Å². The Kier molecular flexibility index (Phi) is 6.63. The van der Waals surface area contributed by atoms with Crippen LogP contribution in [0.3, 0.4) is 0 Å². The third kappa shape index (κ3) is 5.09. The highest BCUT2D eigenvalue weighted by Gasteiger charge is 2.24. The molecular weight excluding hydrogens is 359 g/mol. The minimum absolute atomic E-state index is 0.00716. The second-order valence-electron chi connectivity index (χ2n) is 6.88. The standard InChI is InChI=1S/C22H25FN2O3/c1-28-20-5-3-2-4-18(20)8-11-21(26)24-12-14-25(15-13-24)22(27)16-17-6-9-19(23)10-7-17/h2-7,9-10H,8,11-16H2,1H3. The van der Waals surface area contributed by atoms with Gasteiger partial charge < -0.3 is 14.5 Å². The van der Waals surface area contributed by atoms with Gasteiger partial charge in [0.15, 0.2) is 0 Å². The van der Waals surface area contributed by atoms with Crippen molar-refractivity contribution in [3.05, 3.63) is 65.5 Å². The fourth-order valence-corrected chi connectivity index (χ4v) is 3.40.